The summed E-state index contributed by atoms with van der Waals surface area (Å²) >= 11 is 0. The summed E-state index contributed by atoms with van der Waals surface area (Å²) in [5, 5.41) is 8.78. The number of ether oxygens (including phenoxy) is 1. The smallest absolute Gasteiger partial charge is 0.417 e. The van der Waals surface area contributed by atoms with Crippen LogP contribution in [0.15, 0.2) is 18.2 Å². The summed E-state index contributed by atoms with van der Waals surface area (Å²) in [5.74, 6) is 0.593. The average Bonchev–Trinajstić information content (AvgIpc) is 2.47. The Labute approximate surface area is 122 Å². The standard InChI is InChI=1S/C16H18F3NO/c1-2-11-5-3-4-6-15(11)21-13-8-7-12(10-20)14(9-13)16(17,18)19/h7-9,11,15H,2-6H2,1H3. The van der Waals surface area contributed by atoms with Gasteiger partial charge in [0, 0.05) is 0 Å². The minimum absolute atomic E-state index is 0.0298. The van der Waals surface area contributed by atoms with E-state index in [0.29, 0.717) is 5.92 Å². The van der Waals surface area contributed by atoms with Gasteiger partial charge in [0.25, 0.3) is 0 Å². The first-order valence-corrected chi connectivity index (χ1v) is 7.23. The number of nitriles is 1. The largest absolute Gasteiger partial charge is 0.490 e. The normalized spacial score (nSPS) is 22.6. The topological polar surface area (TPSA) is 33.0 Å². The van der Waals surface area contributed by atoms with Gasteiger partial charge in [-0.3, -0.25) is 0 Å². The molecule has 1 aliphatic rings. The maximum Gasteiger partial charge on any atom is 0.417 e. The van der Waals surface area contributed by atoms with Crippen molar-refractivity contribution in [1.82, 2.24) is 0 Å². The Bertz CT molecular complexity index is 533. The van der Waals surface area contributed by atoms with Crippen molar-refractivity contribution in [2.75, 3.05) is 0 Å². The minimum Gasteiger partial charge on any atom is -0.490 e. The molecule has 5 heteroatoms. The molecule has 2 rings (SSSR count). The number of halogens is 3. The van der Waals surface area contributed by atoms with Gasteiger partial charge in [0.05, 0.1) is 17.2 Å². The van der Waals surface area contributed by atoms with E-state index in [2.05, 4.69) is 6.92 Å². The van der Waals surface area contributed by atoms with Crippen molar-refractivity contribution in [2.45, 2.75) is 51.3 Å². The van der Waals surface area contributed by atoms with Gasteiger partial charge in [0.1, 0.15) is 11.9 Å². The molecule has 0 heterocycles. The molecule has 1 aliphatic carbocycles. The third-order valence-corrected chi connectivity index (χ3v) is 4.07. The minimum atomic E-state index is -4.54. The second-order valence-electron chi connectivity index (χ2n) is 5.43. The molecule has 0 aromatic heterocycles. The highest BCUT2D eigenvalue weighted by Crippen LogP contribution is 2.36. The van der Waals surface area contributed by atoms with Crippen molar-refractivity contribution in [3.8, 4) is 11.8 Å². The van der Waals surface area contributed by atoms with Gasteiger partial charge < -0.3 is 4.74 Å². The summed E-state index contributed by atoms with van der Waals surface area (Å²) in [6.45, 7) is 2.08. The zero-order valence-corrected chi connectivity index (χ0v) is 11.9. The fourth-order valence-corrected chi connectivity index (χ4v) is 2.90. The number of hydrogen-bond donors (Lipinski definition) is 0. The Morgan fingerprint density at radius 3 is 2.62 bits per heavy atom. The fraction of sp³-hybridized carbons (Fsp3) is 0.562. The number of alkyl halides is 3. The molecule has 2 atom stereocenters. The second-order valence-corrected chi connectivity index (χ2v) is 5.43. The predicted octanol–water partition coefficient (Wildman–Crippen LogP) is 4.92. The molecule has 0 radical (unpaired) electrons. The van der Waals surface area contributed by atoms with E-state index in [-0.39, 0.29) is 17.4 Å². The molecular formula is C16H18F3NO. The van der Waals surface area contributed by atoms with E-state index >= 15 is 0 Å². The zero-order valence-electron chi connectivity index (χ0n) is 11.9. The van der Waals surface area contributed by atoms with Gasteiger partial charge in [0.2, 0.25) is 0 Å². The second kappa shape index (κ2) is 6.38. The molecule has 1 saturated carbocycles. The molecule has 0 saturated heterocycles. The van der Waals surface area contributed by atoms with Crippen LogP contribution in [0.25, 0.3) is 0 Å². The Kier molecular flexibility index (Phi) is 4.76. The molecule has 21 heavy (non-hydrogen) atoms. The van der Waals surface area contributed by atoms with Crippen LogP contribution in [0.1, 0.15) is 50.2 Å². The van der Waals surface area contributed by atoms with Crippen LogP contribution in [0.2, 0.25) is 0 Å². The molecule has 2 nitrogen and oxygen atoms in total. The molecule has 114 valence electrons. The van der Waals surface area contributed by atoms with E-state index in [4.69, 9.17) is 10.00 Å². The molecule has 1 aromatic carbocycles. The highest BCUT2D eigenvalue weighted by atomic mass is 19.4. The van der Waals surface area contributed by atoms with Gasteiger partial charge in [-0.1, -0.05) is 13.3 Å². The van der Waals surface area contributed by atoms with Crippen molar-refractivity contribution in [2.24, 2.45) is 5.92 Å². The van der Waals surface area contributed by atoms with E-state index < -0.39 is 11.7 Å². The lowest BCUT2D eigenvalue weighted by atomic mass is 9.85. The molecule has 1 aromatic rings. The highest BCUT2D eigenvalue weighted by molar-refractivity contribution is 5.44. The van der Waals surface area contributed by atoms with Crippen LogP contribution in [0.4, 0.5) is 13.2 Å². The molecular weight excluding hydrogens is 279 g/mol. The van der Waals surface area contributed by atoms with Gasteiger partial charge in [-0.05, 0) is 49.8 Å². The number of benzene rings is 1. The summed E-state index contributed by atoms with van der Waals surface area (Å²) in [6.07, 6.45) is 0.526. The van der Waals surface area contributed by atoms with Crippen LogP contribution in [0.3, 0.4) is 0 Å². The Morgan fingerprint density at radius 2 is 2.00 bits per heavy atom. The first kappa shape index (κ1) is 15.7. The number of rotatable bonds is 3. The lowest BCUT2D eigenvalue weighted by Gasteiger charge is -2.31. The van der Waals surface area contributed by atoms with Crippen LogP contribution in [0.5, 0.6) is 5.75 Å². The molecule has 2 unspecified atom stereocenters. The summed E-state index contributed by atoms with van der Waals surface area (Å²) in [7, 11) is 0. The van der Waals surface area contributed by atoms with Crippen molar-refractivity contribution in [1.29, 1.82) is 5.26 Å². The number of hydrogen-bond acceptors (Lipinski definition) is 2. The number of nitrogens with zero attached hydrogens (tertiary/aromatic N) is 1. The van der Waals surface area contributed by atoms with Crippen LogP contribution >= 0.6 is 0 Å². The molecule has 0 spiro atoms. The van der Waals surface area contributed by atoms with E-state index in [1.165, 1.54) is 12.1 Å². The van der Waals surface area contributed by atoms with E-state index in [1.54, 1.807) is 6.07 Å². The summed E-state index contributed by atoms with van der Waals surface area (Å²) in [4.78, 5) is 0. The van der Waals surface area contributed by atoms with Crippen LogP contribution in [0, 0.1) is 17.2 Å². The Balaban J connectivity index is 2.23. The van der Waals surface area contributed by atoms with Crippen LogP contribution in [-0.2, 0) is 6.18 Å². The van der Waals surface area contributed by atoms with Gasteiger partial charge >= 0.3 is 6.18 Å². The third kappa shape index (κ3) is 3.69. The molecule has 0 amide bonds. The monoisotopic (exact) mass is 297 g/mol. The average molecular weight is 297 g/mol. The Morgan fingerprint density at radius 1 is 1.29 bits per heavy atom. The lowest BCUT2D eigenvalue weighted by molar-refractivity contribution is -0.137. The first-order valence-electron chi connectivity index (χ1n) is 7.23. The maximum absolute atomic E-state index is 12.9. The third-order valence-electron chi connectivity index (χ3n) is 4.07. The SMILES string of the molecule is CCC1CCCCC1Oc1ccc(C#N)c(C(F)(F)F)c1. The van der Waals surface area contributed by atoms with Crippen molar-refractivity contribution in [3.05, 3.63) is 29.3 Å². The summed E-state index contributed by atoms with van der Waals surface area (Å²) in [5.41, 5.74) is -1.29. The van der Waals surface area contributed by atoms with E-state index in [0.717, 1.165) is 38.2 Å². The summed E-state index contributed by atoms with van der Waals surface area (Å²) < 4.78 is 44.6. The molecule has 0 bridgehead atoms. The first-order chi connectivity index (χ1) is 9.95. The quantitative estimate of drug-likeness (QED) is 0.793. The van der Waals surface area contributed by atoms with E-state index in [1.807, 2.05) is 0 Å². The lowest BCUT2D eigenvalue weighted by Crippen LogP contribution is -2.30. The molecule has 0 N–H and O–H groups in total. The van der Waals surface area contributed by atoms with Crippen molar-refractivity contribution >= 4 is 0 Å². The molecule has 0 aliphatic heterocycles. The van der Waals surface area contributed by atoms with Gasteiger partial charge in [-0.2, -0.15) is 18.4 Å². The highest BCUT2D eigenvalue weighted by Gasteiger charge is 2.34. The van der Waals surface area contributed by atoms with Gasteiger partial charge in [-0.15, -0.1) is 0 Å². The fourth-order valence-electron chi connectivity index (χ4n) is 2.90. The van der Waals surface area contributed by atoms with Gasteiger partial charge in [-0.25, -0.2) is 0 Å². The zero-order chi connectivity index (χ0) is 15.5. The Hall–Kier alpha value is -1.70. The summed E-state index contributed by atoms with van der Waals surface area (Å²) in [6, 6.07) is 5.16. The van der Waals surface area contributed by atoms with Gasteiger partial charge in [0.15, 0.2) is 0 Å². The van der Waals surface area contributed by atoms with Crippen LogP contribution in [-0.4, -0.2) is 6.10 Å². The molecule has 1 fully saturated rings. The van der Waals surface area contributed by atoms with Crippen molar-refractivity contribution in [3.63, 3.8) is 0 Å². The maximum atomic E-state index is 12.9. The van der Waals surface area contributed by atoms with E-state index in [9.17, 15) is 13.2 Å². The predicted molar refractivity (Wildman–Crippen MR) is 72.8 cm³/mol. The van der Waals surface area contributed by atoms with Crippen molar-refractivity contribution < 1.29 is 17.9 Å². The van der Waals surface area contributed by atoms with Crippen LogP contribution < -0.4 is 4.74 Å².